The van der Waals surface area contributed by atoms with E-state index in [0.29, 0.717) is 11.7 Å². The molecule has 10 nitrogen and oxygen atoms in total. The number of hydrogen-bond donors (Lipinski definition) is 1. The van der Waals surface area contributed by atoms with E-state index >= 15 is 0 Å². The van der Waals surface area contributed by atoms with Crippen LogP contribution in [0, 0.1) is 0 Å². The summed E-state index contributed by atoms with van der Waals surface area (Å²) in [4.78, 5) is 18.1. The van der Waals surface area contributed by atoms with Gasteiger partial charge >= 0.3 is 5.91 Å². The third-order valence-electron chi connectivity index (χ3n) is 3.39. The zero-order valence-corrected chi connectivity index (χ0v) is 11.2. The van der Waals surface area contributed by atoms with Gasteiger partial charge in [-0.05, 0) is 17.4 Å². The van der Waals surface area contributed by atoms with Crippen LogP contribution in [0.5, 0.6) is 0 Å². The van der Waals surface area contributed by atoms with Crippen molar-refractivity contribution in [3.8, 4) is 0 Å². The molecule has 1 amide bonds. The monoisotopic (exact) mass is 296 g/mol. The molecule has 4 rings (SSSR count). The third-order valence-corrected chi connectivity index (χ3v) is 3.39. The Hall–Kier alpha value is -3.40. The lowest BCUT2D eigenvalue weighted by Gasteiger charge is -2.28. The van der Waals surface area contributed by atoms with Crippen molar-refractivity contribution in [2.24, 2.45) is 10.7 Å². The summed E-state index contributed by atoms with van der Waals surface area (Å²) < 4.78 is 1.20. The molecule has 0 fully saturated rings. The lowest BCUT2D eigenvalue weighted by Crippen LogP contribution is -2.58. The van der Waals surface area contributed by atoms with Gasteiger partial charge in [0.25, 0.3) is 11.5 Å². The molecule has 0 saturated carbocycles. The number of amidine groups is 1. The number of nitrogens with two attached hydrogens (primary N) is 1. The molecule has 2 aromatic heterocycles. The third kappa shape index (κ3) is 1.46. The van der Waals surface area contributed by atoms with Crippen molar-refractivity contribution in [1.82, 2.24) is 34.7 Å². The summed E-state index contributed by atoms with van der Waals surface area (Å²) in [6, 6.07) is 0. The molecule has 0 aliphatic carbocycles. The van der Waals surface area contributed by atoms with E-state index in [1.807, 2.05) is 6.08 Å². The number of rotatable bonds is 3. The number of hydrogen-bond acceptors (Lipinski definition) is 6. The predicted octanol–water partition coefficient (Wildman–Crippen LogP) is -0.884. The molecule has 2 aliphatic heterocycles. The summed E-state index contributed by atoms with van der Waals surface area (Å²) in [5.41, 5.74) is 5.83. The van der Waals surface area contributed by atoms with Gasteiger partial charge in [-0.2, -0.15) is 9.67 Å². The molecule has 0 radical (unpaired) electrons. The van der Waals surface area contributed by atoms with E-state index in [4.69, 9.17) is 5.73 Å². The summed E-state index contributed by atoms with van der Waals surface area (Å²) in [6.45, 7) is 0. The molecule has 0 saturated heterocycles. The number of allylic oxidation sites excluding steroid dienone is 2. The summed E-state index contributed by atoms with van der Waals surface area (Å²) in [7, 11) is 0. The van der Waals surface area contributed by atoms with E-state index in [2.05, 4.69) is 25.6 Å². The SMILES string of the molecule is NC(=O)C1=C(n2ccnn2)N=C2C=CC=C[N+]21n1ccnn1. The van der Waals surface area contributed by atoms with Gasteiger partial charge in [0.05, 0.1) is 18.6 Å². The van der Waals surface area contributed by atoms with Crippen LogP contribution < -0.4 is 10.3 Å². The van der Waals surface area contributed by atoms with Gasteiger partial charge in [-0.25, -0.2) is 0 Å². The molecule has 2 N–H and O–H groups in total. The van der Waals surface area contributed by atoms with E-state index in [9.17, 15) is 4.79 Å². The van der Waals surface area contributed by atoms with Crippen molar-refractivity contribution in [2.75, 3.05) is 0 Å². The minimum atomic E-state index is -0.639. The van der Waals surface area contributed by atoms with Crippen LogP contribution in [0.15, 0.2) is 59.9 Å². The van der Waals surface area contributed by atoms with Crippen LogP contribution in [0.2, 0.25) is 0 Å². The van der Waals surface area contributed by atoms with Crippen LogP contribution in [-0.2, 0) is 4.79 Å². The number of nitrogens with zero attached hydrogens (tertiary/aromatic N) is 8. The van der Waals surface area contributed by atoms with Gasteiger partial charge in [-0.3, -0.25) is 4.79 Å². The number of aliphatic imine (C=N–C) groups is 1. The first-order valence-corrected chi connectivity index (χ1v) is 6.36. The molecule has 22 heavy (non-hydrogen) atoms. The minimum Gasteiger partial charge on any atom is -0.361 e. The van der Waals surface area contributed by atoms with Crippen LogP contribution in [0.4, 0.5) is 0 Å². The van der Waals surface area contributed by atoms with Crippen LogP contribution in [0.3, 0.4) is 0 Å². The largest absolute Gasteiger partial charge is 0.361 e. The Kier molecular flexibility index (Phi) is 2.41. The smallest absolute Gasteiger partial charge is 0.310 e. The predicted molar refractivity (Wildman–Crippen MR) is 75.7 cm³/mol. The second-order valence-corrected chi connectivity index (χ2v) is 4.56. The molecular weight excluding hydrogens is 286 g/mol. The van der Waals surface area contributed by atoms with Gasteiger partial charge in [0, 0.05) is 6.08 Å². The van der Waals surface area contributed by atoms with Gasteiger partial charge in [-0.1, -0.05) is 14.6 Å². The molecule has 10 heteroatoms. The Labute approximate surface area is 123 Å². The number of carbonyl (C=O) groups is 1. The van der Waals surface area contributed by atoms with Crippen molar-refractivity contribution < 1.29 is 4.79 Å². The highest BCUT2D eigenvalue weighted by Gasteiger charge is 2.52. The van der Waals surface area contributed by atoms with Crippen molar-refractivity contribution in [3.05, 3.63) is 54.9 Å². The molecule has 2 aliphatic rings. The summed E-state index contributed by atoms with van der Waals surface area (Å²) >= 11 is 0. The molecular formula is C12H10N9O+. The Morgan fingerprint density at radius 2 is 1.95 bits per heavy atom. The van der Waals surface area contributed by atoms with Gasteiger partial charge in [0.15, 0.2) is 0 Å². The highest BCUT2D eigenvalue weighted by Crippen LogP contribution is 2.32. The Bertz CT molecular complexity index is 857. The van der Waals surface area contributed by atoms with Crippen LogP contribution >= 0.6 is 0 Å². The highest BCUT2D eigenvalue weighted by molar-refractivity contribution is 6.15. The fraction of sp³-hybridized carbons (Fsp3) is 0. The van der Waals surface area contributed by atoms with Crippen LogP contribution in [0.25, 0.3) is 5.82 Å². The minimum absolute atomic E-state index is 0.193. The second-order valence-electron chi connectivity index (χ2n) is 4.56. The first kappa shape index (κ1) is 12.3. The molecule has 0 bridgehead atoms. The van der Waals surface area contributed by atoms with E-state index in [0.717, 1.165) is 0 Å². The van der Waals surface area contributed by atoms with Crippen molar-refractivity contribution in [2.45, 2.75) is 0 Å². The maximum absolute atomic E-state index is 12.2. The second kappa shape index (κ2) is 4.30. The average molecular weight is 296 g/mol. The standard InChI is InChI=1S/C12H9N9O/c13-11(22)10-12(19-6-4-14-17-19)16-9-3-1-2-8-21(9,10)20-7-5-15-18-20/h1-8H,(H-,13,22)/p+1. The summed E-state index contributed by atoms with van der Waals surface area (Å²) in [5, 5.41) is 15.5. The Morgan fingerprint density at radius 1 is 1.14 bits per heavy atom. The van der Waals surface area contributed by atoms with Crippen molar-refractivity contribution in [1.29, 1.82) is 0 Å². The van der Waals surface area contributed by atoms with Gasteiger partial charge in [0.1, 0.15) is 12.4 Å². The van der Waals surface area contributed by atoms with Gasteiger partial charge in [-0.15, -0.1) is 10.2 Å². The zero-order valence-electron chi connectivity index (χ0n) is 11.2. The topological polar surface area (TPSA) is 117 Å². The van der Waals surface area contributed by atoms with Gasteiger partial charge in [0.2, 0.25) is 5.82 Å². The molecule has 1 unspecified atom stereocenters. The normalized spacial score (nSPS) is 22.8. The van der Waals surface area contributed by atoms with E-state index in [-0.39, 0.29) is 10.3 Å². The summed E-state index contributed by atoms with van der Waals surface area (Å²) in [6.07, 6.45) is 13.4. The molecule has 0 spiro atoms. The van der Waals surface area contributed by atoms with Crippen molar-refractivity contribution in [3.63, 3.8) is 0 Å². The van der Waals surface area contributed by atoms with Gasteiger partial charge < -0.3 is 5.73 Å². The number of fused-ring (bicyclic) bond motifs is 1. The van der Waals surface area contributed by atoms with E-state index < -0.39 is 5.91 Å². The maximum Gasteiger partial charge on any atom is 0.310 e. The maximum atomic E-state index is 12.2. The first-order valence-electron chi connectivity index (χ1n) is 6.36. The average Bonchev–Trinajstić information content (AvgIpc) is 3.25. The number of quaternary nitrogens is 1. The first-order chi connectivity index (χ1) is 10.7. The van der Waals surface area contributed by atoms with Crippen LogP contribution in [-0.4, -0.2) is 41.8 Å². The lowest BCUT2D eigenvalue weighted by atomic mass is 10.2. The number of primary amides is 1. The van der Waals surface area contributed by atoms with Crippen molar-refractivity contribution >= 4 is 17.6 Å². The lowest BCUT2D eigenvalue weighted by molar-refractivity contribution is -0.115. The molecule has 108 valence electrons. The highest BCUT2D eigenvalue weighted by atomic mass is 16.2. The zero-order chi connectivity index (χ0) is 15.2. The fourth-order valence-electron chi connectivity index (χ4n) is 2.53. The Balaban J connectivity index is 2.05. The molecule has 2 aromatic rings. The Morgan fingerprint density at radius 3 is 2.64 bits per heavy atom. The number of aromatic nitrogens is 6. The number of amides is 1. The molecule has 1 atom stereocenters. The number of carbonyl (C=O) groups excluding carboxylic acids is 1. The van der Waals surface area contributed by atoms with Crippen LogP contribution in [0.1, 0.15) is 0 Å². The van der Waals surface area contributed by atoms with E-state index in [1.165, 1.54) is 21.9 Å². The summed E-state index contributed by atoms with van der Waals surface area (Å²) in [5.74, 6) is 0.207. The molecule has 0 aromatic carbocycles. The molecule has 4 heterocycles. The van der Waals surface area contributed by atoms with E-state index in [1.54, 1.807) is 30.7 Å². The fourth-order valence-corrected chi connectivity index (χ4v) is 2.53. The quantitative estimate of drug-likeness (QED) is 0.738.